The molecule has 1 aliphatic rings. The Morgan fingerprint density at radius 2 is 1.74 bits per heavy atom. The molecule has 7 heteroatoms. The van der Waals surface area contributed by atoms with Crippen molar-refractivity contribution in [2.45, 2.75) is 26.7 Å². The van der Waals surface area contributed by atoms with Gasteiger partial charge in [-0.1, -0.05) is 19.9 Å². The zero-order chi connectivity index (χ0) is 19.1. The number of piperazine rings is 1. The molecule has 0 spiro atoms. The molecule has 1 saturated heterocycles. The Morgan fingerprint density at radius 3 is 2.30 bits per heavy atom. The third-order valence-electron chi connectivity index (χ3n) is 4.72. The first-order valence-electron chi connectivity index (χ1n) is 9.76. The lowest BCUT2D eigenvalue weighted by Crippen LogP contribution is -2.49. The van der Waals surface area contributed by atoms with Crippen LogP contribution >= 0.6 is 0 Å². The standard InChI is InChI=1S/C20H28N6O/c1-3-11-24(12-4-2)19-9-8-17(22-23-19)20(27)26-15-13-25(14-16-26)18-7-5-6-10-21-18/h5-10H,3-4,11-16H2,1-2H3. The van der Waals surface area contributed by atoms with Gasteiger partial charge in [0.25, 0.3) is 5.91 Å². The van der Waals surface area contributed by atoms with Crippen LogP contribution in [0.25, 0.3) is 0 Å². The van der Waals surface area contributed by atoms with Gasteiger partial charge in [0.1, 0.15) is 5.82 Å². The van der Waals surface area contributed by atoms with E-state index in [-0.39, 0.29) is 5.91 Å². The molecule has 1 fully saturated rings. The number of anilines is 2. The van der Waals surface area contributed by atoms with Crippen molar-refractivity contribution in [1.29, 1.82) is 0 Å². The van der Waals surface area contributed by atoms with E-state index < -0.39 is 0 Å². The van der Waals surface area contributed by atoms with Crippen molar-refractivity contribution in [1.82, 2.24) is 20.1 Å². The van der Waals surface area contributed by atoms with Gasteiger partial charge in [-0.3, -0.25) is 4.79 Å². The second-order valence-corrected chi connectivity index (χ2v) is 6.73. The molecule has 0 bridgehead atoms. The van der Waals surface area contributed by atoms with E-state index in [4.69, 9.17) is 0 Å². The molecular formula is C20H28N6O. The quantitative estimate of drug-likeness (QED) is 0.748. The summed E-state index contributed by atoms with van der Waals surface area (Å²) in [4.78, 5) is 23.4. The fraction of sp³-hybridized carbons (Fsp3) is 0.500. The normalized spacial score (nSPS) is 14.3. The lowest BCUT2D eigenvalue weighted by molar-refractivity contribution is 0.0739. The smallest absolute Gasteiger partial charge is 0.274 e. The first kappa shape index (κ1) is 19.1. The first-order valence-corrected chi connectivity index (χ1v) is 9.76. The van der Waals surface area contributed by atoms with Gasteiger partial charge in [0.2, 0.25) is 0 Å². The van der Waals surface area contributed by atoms with Gasteiger partial charge < -0.3 is 14.7 Å². The zero-order valence-corrected chi connectivity index (χ0v) is 16.2. The summed E-state index contributed by atoms with van der Waals surface area (Å²) in [7, 11) is 0. The van der Waals surface area contributed by atoms with Gasteiger partial charge in [-0.2, -0.15) is 0 Å². The Hall–Kier alpha value is -2.70. The van der Waals surface area contributed by atoms with Crippen molar-refractivity contribution >= 4 is 17.5 Å². The average Bonchev–Trinajstić information content (AvgIpc) is 2.74. The Kier molecular flexibility index (Phi) is 6.57. The van der Waals surface area contributed by atoms with Crippen LogP contribution in [-0.4, -0.2) is 65.3 Å². The molecule has 0 N–H and O–H groups in total. The molecule has 2 aromatic heterocycles. The van der Waals surface area contributed by atoms with Gasteiger partial charge in [-0.05, 0) is 37.1 Å². The summed E-state index contributed by atoms with van der Waals surface area (Å²) in [5.74, 6) is 1.75. The predicted octanol–water partition coefficient (Wildman–Crippen LogP) is 2.46. The van der Waals surface area contributed by atoms with Crippen molar-refractivity contribution in [2.24, 2.45) is 0 Å². The van der Waals surface area contributed by atoms with E-state index in [1.807, 2.05) is 29.2 Å². The highest BCUT2D eigenvalue weighted by molar-refractivity contribution is 5.92. The van der Waals surface area contributed by atoms with Crippen LogP contribution in [0.2, 0.25) is 0 Å². The first-order chi connectivity index (χ1) is 13.2. The minimum atomic E-state index is -0.0488. The highest BCUT2D eigenvalue weighted by Crippen LogP contribution is 2.15. The molecule has 0 saturated carbocycles. The third-order valence-corrected chi connectivity index (χ3v) is 4.72. The van der Waals surface area contributed by atoms with Crippen LogP contribution in [0.4, 0.5) is 11.6 Å². The second-order valence-electron chi connectivity index (χ2n) is 6.73. The van der Waals surface area contributed by atoms with Gasteiger partial charge in [0.15, 0.2) is 11.5 Å². The number of aromatic nitrogens is 3. The molecule has 7 nitrogen and oxygen atoms in total. The van der Waals surface area contributed by atoms with Gasteiger partial charge in [0.05, 0.1) is 0 Å². The maximum absolute atomic E-state index is 12.8. The number of hydrogen-bond donors (Lipinski definition) is 0. The summed E-state index contributed by atoms with van der Waals surface area (Å²) >= 11 is 0. The number of hydrogen-bond acceptors (Lipinski definition) is 6. The van der Waals surface area contributed by atoms with E-state index in [2.05, 4.69) is 38.8 Å². The summed E-state index contributed by atoms with van der Waals surface area (Å²) in [5.41, 5.74) is 0.415. The molecule has 0 aliphatic carbocycles. The number of carbonyl (C=O) groups excluding carboxylic acids is 1. The largest absolute Gasteiger partial charge is 0.355 e. The number of nitrogens with zero attached hydrogens (tertiary/aromatic N) is 6. The van der Waals surface area contributed by atoms with E-state index in [9.17, 15) is 4.79 Å². The van der Waals surface area contributed by atoms with Crippen LogP contribution in [0.3, 0.4) is 0 Å². The maximum Gasteiger partial charge on any atom is 0.274 e. The predicted molar refractivity (Wildman–Crippen MR) is 107 cm³/mol. The number of rotatable bonds is 7. The average molecular weight is 368 g/mol. The topological polar surface area (TPSA) is 65.5 Å². The van der Waals surface area contributed by atoms with Crippen LogP contribution in [0, 0.1) is 0 Å². The molecule has 3 rings (SSSR count). The van der Waals surface area contributed by atoms with Crippen molar-refractivity contribution in [3.05, 3.63) is 42.2 Å². The van der Waals surface area contributed by atoms with Crippen LogP contribution in [0.5, 0.6) is 0 Å². The molecule has 3 heterocycles. The molecule has 1 aliphatic heterocycles. The summed E-state index contributed by atoms with van der Waals surface area (Å²) in [6, 6.07) is 9.61. The molecular weight excluding hydrogens is 340 g/mol. The minimum absolute atomic E-state index is 0.0488. The summed E-state index contributed by atoms with van der Waals surface area (Å²) in [6.07, 6.45) is 3.91. The van der Waals surface area contributed by atoms with Crippen LogP contribution < -0.4 is 9.80 Å². The monoisotopic (exact) mass is 368 g/mol. The Balaban J connectivity index is 1.60. The fourth-order valence-electron chi connectivity index (χ4n) is 3.33. The Bertz CT molecular complexity index is 707. The molecule has 144 valence electrons. The van der Waals surface area contributed by atoms with Gasteiger partial charge in [0, 0.05) is 45.5 Å². The summed E-state index contributed by atoms with van der Waals surface area (Å²) in [5, 5.41) is 8.51. The van der Waals surface area contributed by atoms with Crippen LogP contribution in [0.1, 0.15) is 37.2 Å². The van der Waals surface area contributed by atoms with Crippen molar-refractivity contribution < 1.29 is 4.79 Å². The third kappa shape index (κ3) is 4.72. The van der Waals surface area contributed by atoms with Gasteiger partial charge in [-0.25, -0.2) is 4.98 Å². The summed E-state index contributed by atoms with van der Waals surface area (Å²) in [6.45, 7) is 9.07. The van der Waals surface area contributed by atoms with E-state index in [1.165, 1.54) is 0 Å². The number of amides is 1. The SMILES string of the molecule is CCCN(CCC)c1ccc(C(=O)N2CCN(c3ccccn3)CC2)nn1. The summed E-state index contributed by atoms with van der Waals surface area (Å²) < 4.78 is 0. The molecule has 0 aromatic carbocycles. The fourth-order valence-corrected chi connectivity index (χ4v) is 3.33. The number of pyridine rings is 1. The maximum atomic E-state index is 12.8. The van der Waals surface area contributed by atoms with Crippen molar-refractivity contribution in [3.8, 4) is 0 Å². The van der Waals surface area contributed by atoms with E-state index in [0.717, 1.165) is 50.7 Å². The van der Waals surface area contributed by atoms with Crippen molar-refractivity contribution in [3.63, 3.8) is 0 Å². The van der Waals surface area contributed by atoms with Gasteiger partial charge >= 0.3 is 0 Å². The van der Waals surface area contributed by atoms with E-state index >= 15 is 0 Å². The molecule has 0 radical (unpaired) electrons. The van der Waals surface area contributed by atoms with Gasteiger partial charge in [-0.15, -0.1) is 10.2 Å². The number of carbonyl (C=O) groups is 1. The van der Waals surface area contributed by atoms with Crippen molar-refractivity contribution in [2.75, 3.05) is 49.1 Å². The second kappa shape index (κ2) is 9.30. The molecule has 27 heavy (non-hydrogen) atoms. The minimum Gasteiger partial charge on any atom is -0.355 e. The van der Waals surface area contributed by atoms with Crippen LogP contribution in [-0.2, 0) is 0 Å². The van der Waals surface area contributed by atoms with E-state index in [0.29, 0.717) is 18.8 Å². The highest BCUT2D eigenvalue weighted by Gasteiger charge is 2.24. The Labute approximate surface area is 161 Å². The van der Waals surface area contributed by atoms with E-state index in [1.54, 1.807) is 12.3 Å². The lowest BCUT2D eigenvalue weighted by Gasteiger charge is -2.35. The molecule has 0 atom stereocenters. The lowest BCUT2D eigenvalue weighted by atomic mass is 10.2. The zero-order valence-electron chi connectivity index (χ0n) is 16.2. The molecule has 0 unspecified atom stereocenters. The highest BCUT2D eigenvalue weighted by atomic mass is 16.2. The molecule has 2 aromatic rings. The van der Waals surface area contributed by atoms with Crippen LogP contribution in [0.15, 0.2) is 36.5 Å². The Morgan fingerprint density at radius 1 is 1.00 bits per heavy atom. The molecule has 1 amide bonds.